The molecule has 0 spiro atoms. The van der Waals surface area contributed by atoms with Gasteiger partial charge in [-0.3, -0.25) is 4.98 Å². The van der Waals surface area contributed by atoms with Crippen molar-refractivity contribution in [1.82, 2.24) is 10.1 Å². The van der Waals surface area contributed by atoms with Gasteiger partial charge in [0.25, 0.3) is 0 Å². The van der Waals surface area contributed by atoms with Crippen LogP contribution in [0.5, 0.6) is 0 Å². The second-order valence-corrected chi connectivity index (χ2v) is 7.05. The van der Waals surface area contributed by atoms with Crippen molar-refractivity contribution in [3.8, 4) is 11.3 Å². The lowest BCUT2D eigenvalue weighted by Crippen LogP contribution is -2.31. The van der Waals surface area contributed by atoms with Gasteiger partial charge in [-0.1, -0.05) is 29.4 Å². The van der Waals surface area contributed by atoms with E-state index in [1.807, 2.05) is 24.3 Å². The normalized spacial score (nSPS) is 12.8. The van der Waals surface area contributed by atoms with Gasteiger partial charge in [0.2, 0.25) is 5.88 Å². The Bertz CT molecular complexity index is 1140. The van der Waals surface area contributed by atoms with Gasteiger partial charge in [0.15, 0.2) is 0 Å². The third-order valence-corrected chi connectivity index (χ3v) is 4.76. The maximum Gasteiger partial charge on any atom is 0.416 e. The van der Waals surface area contributed by atoms with E-state index in [4.69, 9.17) is 10.3 Å². The summed E-state index contributed by atoms with van der Waals surface area (Å²) in [5, 5.41) is 9.26. The molecule has 0 aliphatic heterocycles. The second-order valence-electron chi connectivity index (χ2n) is 7.05. The minimum absolute atomic E-state index is 0.302. The zero-order valence-electron chi connectivity index (χ0n) is 15.9. The van der Waals surface area contributed by atoms with Crippen molar-refractivity contribution in [3.63, 3.8) is 0 Å². The van der Waals surface area contributed by atoms with Gasteiger partial charge in [-0.05, 0) is 41.6 Å². The molecule has 0 aliphatic rings. The van der Waals surface area contributed by atoms with Crippen molar-refractivity contribution in [2.75, 3.05) is 11.9 Å². The number of rotatable bonds is 6. The first-order valence-corrected chi connectivity index (χ1v) is 9.35. The number of hydrogen-bond acceptors (Lipinski definition) is 5. The van der Waals surface area contributed by atoms with Crippen LogP contribution in [0.15, 0.2) is 71.5 Å². The van der Waals surface area contributed by atoms with Gasteiger partial charge in [0.05, 0.1) is 5.56 Å². The van der Waals surface area contributed by atoms with Gasteiger partial charge >= 0.3 is 6.18 Å². The highest BCUT2D eigenvalue weighted by molar-refractivity contribution is 5.86. The number of hydrogen-bond donors (Lipinski definition) is 2. The fourth-order valence-corrected chi connectivity index (χ4v) is 3.17. The Labute approximate surface area is 170 Å². The Morgan fingerprint density at radius 3 is 2.57 bits per heavy atom. The third kappa shape index (κ3) is 4.60. The largest absolute Gasteiger partial charge is 0.416 e. The highest BCUT2D eigenvalue weighted by Crippen LogP contribution is 2.29. The SMILES string of the molecule is N[C@H](CNc1cc(-c2ccc3cnccc3c2)no1)Cc1ccc(C(F)(F)F)cc1. The van der Waals surface area contributed by atoms with E-state index in [0.717, 1.165) is 34.0 Å². The molecule has 3 N–H and O–H groups in total. The highest BCUT2D eigenvalue weighted by atomic mass is 19.4. The molecule has 154 valence electrons. The average Bonchev–Trinajstić information content (AvgIpc) is 3.21. The summed E-state index contributed by atoms with van der Waals surface area (Å²) in [6, 6.07) is 14.4. The van der Waals surface area contributed by atoms with Gasteiger partial charge < -0.3 is 15.6 Å². The number of alkyl halides is 3. The van der Waals surface area contributed by atoms with Crippen LogP contribution < -0.4 is 11.1 Å². The summed E-state index contributed by atoms with van der Waals surface area (Å²) in [6.07, 6.45) is -0.369. The molecule has 4 aromatic rings. The van der Waals surface area contributed by atoms with E-state index in [2.05, 4.69) is 15.5 Å². The molecular weight excluding hydrogens is 393 g/mol. The van der Waals surface area contributed by atoms with E-state index in [-0.39, 0.29) is 6.04 Å². The molecule has 30 heavy (non-hydrogen) atoms. The van der Waals surface area contributed by atoms with Crippen molar-refractivity contribution in [2.24, 2.45) is 5.73 Å². The van der Waals surface area contributed by atoms with Crippen LogP contribution in [0.3, 0.4) is 0 Å². The summed E-state index contributed by atoms with van der Waals surface area (Å²) in [5.41, 5.74) is 7.78. The smallest absolute Gasteiger partial charge is 0.352 e. The number of anilines is 1. The standard InChI is InChI=1S/C22H19F3N4O/c23-22(24,25)18-5-1-14(2-6-18)9-19(26)13-28-21-11-20(29-30-21)16-3-4-17-12-27-8-7-15(17)10-16/h1-8,10-12,19,28H,9,13,26H2/t19-/m0/s1. The number of benzene rings is 2. The predicted molar refractivity (Wildman–Crippen MR) is 109 cm³/mol. The van der Waals surface area contributed by atoms with Gasteiger partial charge in [-0.25, -0.2) is 0 Å². The molecule has 4 rings (SSSR count). The zero-order chi connectivity index (χ0) is 21.1. The van der Waals surface area contributed by atoms with Crippen LogP contribution in [0.4, 0.5) is 19.1 Å². The molecule has 0 fully saturated rings. The fourth-order valence-electron chi connectivity index (χ4n) is 3.17. The van der Waals surface area contributed by atoms with E-state index in [1.54, 1.807) is 18.5 Å². The Kier molecular flexibility index (Phi) is 5.41. The number of halogens is 3. The topological polar surface area (TPSA) is 77.0 Å². The first kappa shape index (κ1) is 19.9. The molecule has 5 nitrogen and oxygen atoms in total. The molecule has 1 atom stereocenters. The number of fused-ring (bicyclic) bond motifs is 1. The van der Waals surface area contributed by atoms with Crippen LogP contribution in [-0.4, -0.2) is 22.7 Å². The average molecular weight is 412 g/mol. The van der Waals surface area contributed by atoms with Gasteiger partial charge in [-0.2, -0.15) is 13.2 Å². The van der Waals surface area contributed by atoms with E-state index in [0.29, 0.717) is 24.5 Å². The molecule has 0 amide bonds. The summed E-state index contributed by atoms with van der Waals surface area (Å²) in [4.78, 5) is 4.10. The van der Waals surface area contributed by atoms with E-state index >= 15 is 0 Å². The molecular formula is C22H19F3N4O. The van der Waals surface area contributed by atoms with Crippen molar-refractivity contribution in [2.45, 2.75) is 18.6 Å². The highest BCUT2D eigenvalue weighted by Gasteiger charge is 2.29. The van der Waals surface area contributed by atoms with Crippen LogP contribution in [0, 0.1) is 0 Å². The molecule has 0 bridgehead atoms. The molecule has 2 aromatic heterocycles. The molecule has 0 unspecified atom stereocenters. The summed E-state index contributed by atoms with van der Waals surface area (Å²) < 4.78 is 43.2. The van der Waals surface area contributed by atoms with E-state index in [9.17, 15) is 13.2 Å². The Balaban J connectivity index is 1.35. The van der Waals surface area contributed by atoms with E-state index < -0.39 is 11.7 Å². The molecule has 0 saturated carbocycles. The molecule has 0 radical (unpaired) electrons. The molecule has 2 heterocycles. The predicted octanol–water partition coefficient (Wildman–Crippen LogP) is 4.89. The van der Waals surface area contributed by atoms with E-state index in [1.165, 1.54) is 12.1 Å². The lowest BCUT2D eigenvalue weighted by Gasteiger charge is -2.13. The van der Waals surface area contributed by atoms with Crippen molar-refractivity contribution in [3.05, 3.63) is 78.1 Å². The van der Waals surface area contributed by atoms with Crippen LogP contribution in [0.25, 0.3) is 22.0 Å². The number of nitrogens with two attached hydrogens (primary N) is 1. The molecule has 0 aliphatic carbocycles. The van der Waals surface area contributed by atoms with Crippen molar-refractivity contribution >= 4 is 16.7 Å². The molecule has 8 heteroatoms. The number of pyridine rings is 1. The fraction of sp³-hybridized carbons (Fsp3) is 0.182. The summed E-state index contributed by atoms with van der Waals surface area (Å²) in [6.45, 7) is 0.388. The Morgan fingerprint density at radius 1 is 1.00 bits per heavy atom. The van der Waals surface area contributed by atoms with Gasteiger partial charge in [-0.15, -0.1) is 0 Å². The Morgan fingerprint density at radius 2 is 1.80 bits per heavy atom. The van der Waals surface area contributed by atoms with Gasteiger partial charge in [0.1, 0.15) is 5.69 Å². The summed E-state index contributed by atoms with van der Waals surface area (Å²) in [5.74, 6) is 0.475. The second kappa shape index (κ2) is 8.16. The maximum absolute atomic E-state index is 12.6. The van der Waals surface area contributed by atoms with Gasteiger partial charge in [0, 0.05) is 42.0 Å². The lowest BCUT2D eigenvalue weighted by molar-refractivity contribution is -0.137. The minimum Gasteiger partial charge on any atom is -0.352 e. The molecule has 2 aromatic carbocycles. The number of nitrogens with one attached hydrogen (secondary N) is 1. The van der Waals surface area contributed by atoms with Crippen molar-refractivity contribution in [1.29, 1.82) is 0 Å². The number of aromatic nitrogens is 2. The van der Waals surface area contributed by atoms with Crippen LogP contribution in [0.1, 0.15) is 11.1 Å². The first-order valence-electron chi connectivity index (χ1n) is 9.35. The quantitative estimate of drug-likeness (QED) is 0.472. The van der Waals surface area contributed by atoms with Crippen molar-refractivity contribution < 1.29 is 17.7 Å². The molecule has 0 saturated heterocycles. The third-order valence-electron chi connectivity index (χ3n) is 4.76. The minimum atomic E-state index is -4.34. The lowest BCUT2D eigenvalue weighted by atomic mass is 10.0. The van der Waals surface area contributed by atoms with Crippen LogP contribution in [0.2, 0.25) is 0 Å². The zero-order valence-corrected chi connectivity index (χ0v) is 15.9. The monoisotopic (exact) mass is 412 g/mol. The van der Waals surface area contributed by atoms with Crippen LogP contribution in [-0.2, 0) is 12.6 Å². The summed E-state index contributed by atoms with van der Waals surface area (Å²) >= 11 is 0. The van der Waals surface area contributed by atoms with Crippen LogP contribution >= 0.6 is 0 Å². The number of nitrogens with zero attached hydrogens (tertiary/aromatic N) is 2. The first-order chi connectivity index (χ1) is 14.4. The Hall–Kier alpha value is -3.39. The summed E-state index contributed by atoms with van der Waals surface area (Å²) in [7, 11) is 0. The maximum atomic E-state index is 12.6.